The van der Waals surface area contributed by atoms with E-state index in [1.807, 2.05) is 48.2 Å². The minimum Gasteiger partial charge on any atom is -0.378 e. The van der Waals surface area contributed by atoms with Gasteiger partial charge in [-0.15, -0.1) is 0 Å². The van der Waals surface area contributed by atoms with Crippen molar-refractivity contribution in [3.63, 3.8) is 0 Å². The molecule has 0 unspecified atom stereocenters. The molecule has 0 aliphatic carbocycles. The van der Waals surface area contributed by atoms with Gasteiger partial charge in [0.25, 0.3) is 0 Å². The molecular weight excluding hydrogens is 485 g/mol. The lowest BCUT2D eigenvalue weighted by Gasteiger charge is -2.34. The van der Waals surface area contributed by atoms with Crippen LogP contribution < -0.4 is 10.2 Å². The summed E-state index contributed by atoms with van der Waals surface area (Å²) < 4.78 is 39.3. The van der Waals surface area contributed by atoms with Crippen LogP contribution in [0, 0.1) is 10.8 Å². The molecule has 4 N–H and O–H groups in total. The van der Waals surface area contributed by atoms with Crippen LogP contribution >= 0.6 is 0 Å². The Morgan fingerprint density at radius 1 is 1.16 bits per heavy atom. The molecule has 0 radical (unpaired) electrons. The number of anilines is 2. The normalized spacial score (nSPS) is 15.2. The third kappa shape index (κ3) is 7.53. The number of nitrogens with one attached hydrogen (secondary N) is 4. The number of carbonyl (C=O) groups is 1. The second-order valence-corrected chi connectivity index (χ2v) is 8.65. The first-order valence-electron chi connectivity index (χ1n) is 11.7. The van der Waals surface area contributed by atoms with Gasteiger partial charge in [-0.25, -0.2) is 4.98 Å². The van der Waals surface area contributed by atoms with Gasteiger partial charge in [0, 0.05) is 64.3 Å². The number of hydrogen-bond acceptors (Lipinski definition) is 7. The Balaban J connectivity index is 1.57. The Hall–Kier alpha value is -3.93. The molecule has 1 aromatic carbocycles. The Labute approximate surface area is 213 Å². The minimum atomic E-state index is -4.49. The lowest BCUT2D eigenvalue weighted by Crippen LogP contribution is -2.50. The van der Waals surface area contributed by atoms with Gasteiger partial charge in [0.1, 0.15) is 0 Å². The fourth-order valence-electron chi connectivity index (χ4n) is 3.83. The number of alkyl halides is 3. The van der Waals surface area contributed by atoms with Crippen molar-refractivity contribution in [1.29, 1.82) is 10.8 Å². The van der Waals surface area contributed by atoms with Crippen molar-refractivity contribution >= 4 is 29.8 Å². The van der Waals surface area contributed by atoms with E-state index in [0.29, 0.717) is 43.5 Å². The van der Waals surface area contributed by atoms with Gasteiger partial charge in [-0.1, -0.05) is 18.2 Å². The summed E-state index contributed by atoms with van der Waals surface area (Å²) in [6.07, 6.45) is 0.435. The number of aromatic amines is 1. The van der Waals surface area contributed by atoms with Crippen LogP contribution in [0.25, 0.3) is 11.3 Å². The Morgan fingerprint density at radius 3 is 2.41 bits per heavy atom. The molecule has 12 heteroatoms. The second-order valence-electron chi connectivity index (χ2n) is 8.65. The van der Waals surface area contributed by atoms with Crippen LogP contribution in [-0.4, -0.2) is 97.6 Å². The standard InChI is InChI=1S/C25H31F3N8O/c1-34(2)20-7-5-18(6-8-20)23-24(33-21(16-30)32-23)31-17-22(37)36-14-12-35(13-15-36)11-9-19(4-3-10-29)25(26,27)28/h3-10,16,29-31H,11-15,17H2,1-2H3,(H,32,33). The highest BCUT2D eigenvalue weighted by Crippen LogP contribution is 2.28. The van der Waals surface area contributed by atoms with Crippen molar-refractivity contribution in [2.45, 2.75) is 6.18 Å². The maximum absolute atomic E-state index is 13.1. The molecule has 3 rings (SSSR count). The zero-order valence-electron chi connectivity index (χ0n) is 20.8. The summed E-state index contributed by atoms with van der Waals surface area (Å²) in [5.41, 5.74) is 1.77. The van der Waals surface area contributed by atoms with Gasteiger partial charge < -0.3 is 30.9 Å². The fraction of sp³-hybridized carbons (Fsp3) is 0.360. The van der Waals surface area contributed by atoms with Gasteiger partial charge >= 0.3 is 6.18 Å². The van der Waals surface area contributed by atoms with Crippen molar-refractivity contribution in [3.8, 4) is 11.3 Å². The number of aromatic nitrogens is 2. The highest BCUT2D eigenvalue weighted by molar-refractivity contribution is 5.84. The average Bonchev–Trinajstić information content (AvgIpc) is 3.30. The van der Waals surface area contributed by atoms with Crippen LogP contribution in [0.3, 0.4) is 0 Å². The molecule has 1 aromatic heterocycles. The Morgan fingerprint density at radius 2 is 1.84 bits per heavy atom. The van der Waals surface area contributed by atoms with Crippen molar-refractivity contribution in [2.75, 3.05) is 63.6 Å². The average molecular weight is 517 g/mol. The number of amides is 1. The lowest BCUT2D eigenvalue weighted by molar-refractivity contribution is -0.130. The number of allylic oxidation sites excluding steroid dienone is 3. The maximum atomic E-state index is 13.1. The first-order valence-corrected chi connectivity index (χ1v) is 11.7. The zero-order chi connectivity index (χ0) is 27.0. The highest BCUT2D eigenvalue weighted by atomic mass is 19.4. The van der Waals surface area contributed by atoms with Crippen molar-refractivity contribution < 1.29 is 18.0 Å². The van der Waals surface area contributed by atoms with Crippen LogP contribution in [0.2, 0.25) is 0 Å². The largest absolute Gasteiger partial charge is 0.416 e. The number of nitrogens with zero attached hydrogens (tertiary/aromatic N) is 4. The molecule has 1 aliphatic heterocycles. The number of halogens is 3. The molecule has 1 fully saturated rings. The first kappa shape index (κ1) is 27.7. The predicted molar refractivity (Wildman–Crippen MR) is 140 cm³/mol. The molecule has 0 saturated carbocycles. The van der Waals surface area contributed by atoms with Gasteiger partial charge in [-0.05, 0) is 24.3 Å². The number of hydrogen-bond donors (Lipinski definition) is 4. The molecule has 0 atom stereocenters. The van der Waals surface area contributed by atoms with Gasteiger partial charge in [-0.3, -0.25) is 9.69 Å². The summed E-state index contributed by atoms with van der Waals surface area (Å²) >= 11 is 0. The summed E-state index contributed by atoms with van der Waals surface area (Å²) in [4.78, 5) is 25.7. The third-order valence-electron chi connectivity index (χ3n) is 5.93. The minimum absolute atomic E-state index is 0.00236. The fourth-order valence-corrected chi connectivity index (χ4v) is 3.83. The monoisotopic (exact) mass is 516 g/mol. The van der Waals surface area contributed by atoms with Crippen LogP contribution in [0.15, 0.2) is 48.1 Å². The van der Waals surface area contributed by atoms with Crippen LogP contribution in [0.4, 0.5) is 24.7 Å². The molecule has 198 valence electrons. The molecule has 37 heavy (non-hydrogen) atoms. The van der Waals surface area contributed by atoms with Crippen molar-refractivity contribution in [3.05, 3.63) is 53.9 Å². The number of H-pyrrole nitrogens is 1. The van der Waals surface area contributed by atoms with Gasteiger partial charge in [0.2, 0.25) is 5.91 Å². The van der Waals surface area contributed by atoms with E-state index in [9.17, 15) is 18.0 Å². The van der Waals surface area contributed by atoms with E-state index >= 15 is 0 Å². The molecule has 1 saturated heterocycles. The van der Waals surface area contributed by atoms with E-state index in [1.165, 1.54) is 0 Å². The molecule has 9 nitrogen and oxygen atoms in total. The molecule has 1 amide bonds. The maximum Gasteiger partial charge on any atom is 0.416 e. The van der Waals surface area contributed by atoms with Crippen LogP contribution in [0.5, 0.6) is 0 Å². The van der Waals surface area contributed by atoms with Crippen LogP contribution in [0.1, 0.15) is 5.82 Å². The quantitative estimate of drug-likeness (QED) is 0.286. The topological polar surface area (TPSA) is 115 Å². The summed E-state index contributed by atoms with van der Waals surface area (Å²) in [6.45, 7) is 1.80. The van der Waals surface area contributed by atoms with E-state index in [0.717, 1.165) is 41.9 Å². The number of benzene rings is 1. The number of carbonyl (C=O) groups excluding carboxylic acids is 1. The van der Waals surface area contributed by atoms with Gasteiger partial charge in [-0.2, -0.15) is 13.2 Å². The van der Waals surface area contributed by atoms with Gasteiger partial charge in [0.05, 0.1) is 24.0 Å². The SMILES string of the molecule is CN(C)c1ccc(-c2[nH]c(C=N)nc2NCC(=O)N2CCN(CC=C(C=CC=N)C(F)(F)F)CC2)cc1. The van der Waals surface area contributed by atoms with E-state index in [2.05, 4.69) is 15.3 Å². The Kier molecular flexibility index (Phi) is 9.23. The van der Waals surface area contributed by atoms with E-state index in [1.54, 1.807) is 4.90 Å². The predicted octanol–water partition coefficient (Wildman–Crippen LogP) is 3.39. The highest BCUT2D eigenvalue weighted by Gasteiger charge is 2.31. The lowest BCUT2D eigenvalue weighted by atomic mass is 10.1. The van der Waals surface area contributed by atoms with Crippen LogP contribution in [-0.2, 0) is 4.79 Å². The summed E-state index contributed by atoms with van der Waals surface area (Å²) in [5.74, 6) is 0.677. The van der Waals surface area contributed by atoms with Crippen molar-refractivity contribution in [1.82, 2.24) is 19.8 Å². The molecule has 0 bridgehead atoms. The summed E-state index contributed by atoms with van der Waals surface area (Å²) in [5, 5.41) is 17.5. The van der Waals surface area contributed by atoms with Gasteiger partial charge in [0.15, 0.2) is 11.6 Å². The van der Waals surface area contributed by atoms with E-state index in [-0.39, 0.29) is 19.0 Å². The molecule has 0 spiro atoms. The smallest absolute Gasteiger partial charge is 0.378 e. The van der Waals surface area contributed by atoms with E-state index < -0.39 is 11.7 Å². The number of imidazole rings is 1. The zero-order valence-corrected chi connectivity index (χ0v) is 20.8. The molecule has 2 aromatic rings. The third-order valence-corrected chi connectivity index (χ3v) is 5.93. The molecule has 2 heterocycles. The second kappa shape index (κ2) is 12.3. The molecular formula is C25H31F3N8O. The molecule has 1 aliphatic rings. The van der Waals surface area contributed by atoms with Crippen molar-refractivity contribution in [2.24, 2.45) is 0 Å². The number of rotatable bonds is 10. The first-order chi connectivity index (χ1) is 17.6. The van der Waals surface area contributed by atoms with E-state index in [4.69, 9.17) is 10.8 Å². The number of piperazine rings is 1. The summed E-state index contributed by atoms with van der Waals surface area (Å²) in [6, 6.07) is 7.79. The summed E-state index contributed by atoms with van der Waals surface area (Å²) in [7, 11) is 3.90. The Bertz CT molecular complexity index is 1140.